The van der Waals surface area contributed by atoms with E-state index in [9.17, 15) is 10.1 Å². The van der Waals surface area contributed by atoms with E-state index in [1.165, 1.54) is 12.1 Å². The first kappa shape index (κ1) is 14.3. The van der Waals surface area contributed by atoms with Crippen LogP contribution >= 0.6 is 0 Å². The van der Waals surface area contributed by atoms with E-state index >= 15 is 0 Å². The maximum Gasteiger partial charge on any atom is 0.269 e. The molecule has 0 radical (unpaired) electrons. The molecule has 2 aromatic carbocycles. The summed E-state index contributed by atoms with van der Waals surface area (Å²) in [6.45, 7) is 1.75. The van der Waals surface area contributed by atoms with Gasteiger partial charge in [-0.2, -0.15) is 0 Å². The Morgan fingerprint density at radius 2 is 1.68 bits per heavy atom. The summed E-state index contributed by atoms with van der Waals surface area (Å²) in [6, 6.07) is 12.5. The molecule has 0 bridgehead atoms. The van der Waals surface area contributed by atoms with Crippen molar-refractivity contribution in [2.75, 3.05) is 13.8 Å². The van der Waals surface area contributed by atoms with E-state index in [1.807, 2.05) is 25.2 Å². The first-order valence-electron chi connectivity index (χ1n) is 6.92. The van der Waals surface area contributed by atoms with Crippen LogP contribution in [0, 0.1) is 10.1 Å². The molecule has 114 valence electrons. The number of hydrogen-bond donors (Lipinski definition) is 0. The molecule has 1 heterocycles. The average molecular weight is 300 g/mol. The molecular formula is C16H16N2O4. The van der Waals surface area contributed by atoms with Crippen molar-refractivity contribution in [1.29, 1.82) is 0 Å². The number of rotatable bonds is 5. The summed E-state index contributed by atoms with van der Waals surface area (Å²) >= 11 is 0. The highest BCUT2D eigenvalue weighted by Gasteiger charge is 2.14. The van der Waals surface area contributed by atoms with Crippen molar-refractivity contribution in [3.8, 4) is 11.5 Å². The third-order valence-electron chi connectivity index (χ3n) is 3.49. The van der Waals surface area contributed by atoms with Crippen LogP contribution < -0.4 is 9.47 Å². The zero-order valence-electron chi connectivity index (χ0n) is 12.2. The molecule has 1 aliphatic heterocycles. The van der Waals surface area contributed by atoms with Crippen LogP contribution in [0.2, 0.25) is 0 Å². The lowest BCUT2D eigenvalue weighted by atomic mass is 10.1. The topological polar surface area (TPSA) is 64.8 Å². The minimum absolute atomic E-state index is 0.113. The van der Waals surface area contributed by atoms with Gasteiger partial charge in [-0.3, -0.25) is 15.0 Å². The molecule has 0 atom stereocenters. The summed E-state index contributed by atoms with van der Waals surface area (Å²) < 4.78 is 10.7. The van der Waals surface area contributed by atoms with Crippen LogP contribution in [0.25, 0.3) is 0 Å². The Hall–Kier alpha value is -2.60. The second kappa shape index (κ2) is 6.03. The van der Waals surface area contributed by atoms with Gasteiger partial charge >= 0.3 is 0 Å². The monoisotopic (exact) mass is 300 g/mol. The molecule has 2 aromatic rings. The molecular weight excluding hydrogens is 284 g/mol. The minimum Gasteiger partial charge on any atom is -0.454 e. The van der Waals surface area contributed by atoms with Gasteiger partial charge in [0.1, 0.15) is 0 Å². The van der Waals surface area contributed by atoms with Crippen LogP contribution in [0.1, 0.15) is 11.1 Å². The van der Waals surface area contributed by atoms with Crippen LogP contribution in [-0.4, -0.2) is 23.7 Å². The van der Waals surface area contributed by atoms with Crippen molar-refractivity contribution < 1.29 is 14.4 Å². The predicted octanol–water partition coefficient (Wildman–Crippen LogP) is 2.96. The number of benzene rings is 2. The number of fused-ring (bicyclic) bond motifs is 1. The Morgan fingerprint density at radius 1 is 1.05 bits per heavy atom. The van der Waals surface area contributed by atoms with Crippen LogP contribution in [-0.2, 0) is 13.1 Å². The molecule has 1 aliphatic rings. The second-order valence-electron chi connectivity index (χ2n) is 5.28. The number of non-ortho nitro benzene ring substituents is 1. The smallest absolute Gasteiger partial charge is 0.269 e. The van der Waals surface area contributed by atoms with Gasteiger partial charge < -0.3 is 9.47 Å². The van der Waals surface area contributed by atoms with E-state index in [1.54, 1.807) is 12.1 Å². The molecule has 3 rings (SSSR count). The van der Waals surface area contributed by atoms with E-state index in [2.05, 4.69) is 4.90 Å². The molecule has 0 saturated heterocycles. The van der Waals surface area contributed by atoms with E-state index < -0.39 is 0 Å². The third kappa shape index (κ3) is 3.17. The van der Waals surface area contributed by atoms with Crippen LogP contribution in [0.5, 0.6) is 11.5 Å². The van der Waals surface area contributed by atoms with Crippen molar-refractivity contribution in [2.24, 2.45) is 0 Å². The Kier molecular flexibility index (Phi) is 3.93. The molecule has 6 nitrogen and oxygen atoms in total. The average Bonchev–Trinajstić information content (AvgIpc) is 2.95. The van der Waals surface area contributed by atoms with Crippen molar-refractivity contribution >= 4 is 5.69 Å². The Balaban J connectivity index is 1.62. The lowest BCUT2D eigenvalue weighted by Gasteiger charge is -2.17. The predicted molar refractivity (Wildman–Crippen MR) is 80.8 cm³/mol. The van der Waals surface area contributed by atoms with E-state index in [-0.39, 0.29) is 17.4 Å². The van der Waals surface area contributed by atoms with Gasteiger partial charge in [0.25, 0.3) is 5.69 Å². The van der Waals surface area contributed by atoms with Crippen LogP contribution in [0.4, 0.5) is 5.69 Å². The standard InChI is InChI=1S/C16H16N2O4/c1-17(9-12-2-5-14(6-3-12)18(19)20)10-13-4-7-15-16(8-13)22-11-21-15/h2-8H,9-11H2,1H3. The fourth-order valence-corrected chi connectivity index (χ4v) is 2.44. The third-order valence-corrected chi connectivity index (χ3v) is 3.49. The normalized spacial score (nSPS) is 12.6. The number of ether oxygens (including phenoxy) is 2. The minimum atomic E-state index is -0.389. The molecule has 0 fully saturated rings. The summed E-state index contributed by atoms with van der Waals surface area (Å²) in [5.74, 6) is 1.56. The summed E-state index contributed by atoms with van der Waals surface area (Å²) in [6.07, 6.45) is 0. The fourth-order valence-electron chi connectivity index (χ4n) is 2.44. The number of nitro benzene ring substituents is 1. The highest BCUT2D eigenvalue weighted by molar-refractivity contribution is 5.44. The molecule has 22 heavy (non-hydrogen) atoms. The highest BCUT2D eigenvalue weighted by atomic mass is 16.7. The van der Waals surface area contributed by atoms with E-state index in [4.69, 9.17) is 9.47 Å². The van der Waals surface area contributed by atoms with Gasteiger partial charge in [0.2, 0.25) is 6.79 Å². The SMILES string of the molecule is CN(Cc1ccc([N+](=O)[O-])cc1)Cc1ccc2c(c1)OCO2. The molecule has 0 N–H and O–H groups in total. The van der Waals surface area contributed by atoms with Crippen molar-refractivity contribution in [3.63, 3.8) is 0 Å². The quantitative estimate of drug-likeness (QED) is 0.627. The van der Waals surface area contributed by atoms with Gasteiger partial charge in [0.15, 0.2) is 11.5 Å². The Morgan fingerprint density at radius 3 is 2.41 bits per heavy atom. The fraction of sp³-hybridized carbons (Fsp3) is 0.250. The van der Waals surface area contributed by atoms with Crippen molar-refractivity contribution in [2.45, 2.75) is 13.1 Å². The maximum atomic E-state index is 10.6. The first-order chi connectivity index (χ1) is 10.6. The molecule has 0 amide bonds. The largest absolute Gasteiger partial charge is 0.454 e. The lowest BCUT2D eigenvalue weighted by Crippen LogP contribution is -2.17. The Bertz CT molecular complexity index is 685. The van der Waals surface area contributed by atoms with Gasteiger partial charge in [-0.1, -0.05) is 18.2 Å². The zero-order chi connectivity index (χ0) is 15.5. The van der Waals surface area contributed by atoms with Gasteiger partial charge in [-0.05, 0) is 30.3 Å². The first-order valence-corrected chi connectivity index (χ1v) is 6.92. The van der Waals surface area contributed by atoms with Crippen molar-refractivity contribution in [3.05, 3.63) is 63.7 Å². The van der Waals surface area contributed by atoms with Crippen LogP contribution in [0.15, 0.2) is 42.5 Å². The lowest BCUT2D eigenvalue weighted by molar-refractivity contribution is -0.384. The molecule has 0 unspecified atom stereocenters. The number of hydrogen-bond acceptors (Lipinski definition) is 5. The zero-order valence-corrected chi connectivity index (χ0v) is 12.2. The van der Waals surface area contributed by atoms with Gasteiger partial charge in [0, 0.05) is 25.2 Å². The van der Waals surface area contributed by atoms with Gasteiger partial charge in [0.05, 0.1) is 4.92 Å². The van der Waals surface area contributed by atoms with Gasteiger partial charge in [-0.15, -0.1) is 0 Å². The summed E-state index contributed by atoms with van der Waals surface area (Å²) in [5.41, 5.74) is 2.28. The molecule has 0 aromatic heterocycles. The molecule has 0 aliphatic carbocycles. The molecule has 6 heteroatoms. The molecule has 0 saturated carbocycles. The van der Waals surface area contributed by atoms with Gasteiger partial charge in [-0.25, -0.2) is 0 Å². The summed E-state index contributed by atoms with van der Waals surface area (Å²) in [7, 11) is 2.01. The number of nitro groups is 1. The van der Waals surface area contributed by atoms with Crippen LogP contribution in [0.3, 0.4) is 0 Å². The van der Waals surface area contributed by atoms with E-state index in [0.29, 0.717) is 6.54 Å². The highest BCUT2D eigenvalue weighted by Crippen LogP contribution is 2.32. The number of nitrogens with zero attached hydrogens (tertiary/aromatic N) is 2. The second-order valence-corrected chi connectivity index (χ2v) is 5.28. The molecule has 0 spiro atoms. The van der Waals surface area contributed by atoms with E-state index in [0.717, 1.165) is 29.2 Å². The van der Waals surface area contributed by atoms with Crippen molar-refractivity contribution in [1.82, 2.24) is 4.90 Å². The summed E-state index contributed by atoms with van der Waals surface area (Å²) in [4.78, 5) is 12.4. The summed E-state index contributed by atoms with van der Waals surface area (Å²) in [5, 5.41) is 10.6. The Labute approximate surface area is 128 Å². The maximum absolute atomic E-state index is 10.6.